The number of nitrogens with one attached hydrogen (secondary N) is 1. The maximum absolute atomic E-state index is 12.9. The molecular weight excluding hydrogens is 448 g/mol. The van der Waals surface area contributed by atoms with E-state index >= 15 is 0 Å². The van der Waals surface area contributed by atoms with E-state index in [1.165, 1.54) is 5.56 Å². The number of aryl methyl sites for hydroxylation is 1. The number of benzene rings is 2. The number of fused-ring (bicyclic) bond motifs is 1. The minimum atomic E-state index is -0.441. The van der Waals surface area contributed by atoms with Crippen LogP contribution in [0.5, 0.6) is 5.75 Å². The lowest BCUT2D eigenvalue weighted by Crippen LogP contribution is -2.29. The predicted octanol–water partition coefficient (Wildman–Crippen LogP) is 5.52. The zero-order valence-corrected chi connectivity index (χ0v) is 20.8. The molecule has 0 saturated heterocycles. The zero-order chi connectivity index (χ0) is 24.1. The number of allylic oxidation sites excluding steroid dienone is 1. The number of nitrogens with zero attached hydrogens (tertiary/aromatic N) is 3. The van der Waals surface area contributed by atoms with E-state index in [1.807, 2.05) is 43.3 Å². The van der Waals surface area contributed by atoms with Gasteiger partial charge >= 0.3 is 5.97 Å². The number of esters is 1. The highest BCUT2D eigenvalue weighted by atomic mass is 32.2. The van der Waals surface area contributed by atoms with E-state index in [-0.39, 0.29) is 5.97 Å². The lowest BCUT2D eigenvalue weighted by atomic mass is 9.96. The van der Waals surface area contributed by atoms with Gasteiger partial charge in [0.05, 0.1) is 12.2 Å². The summed E-state index contributed by atoms with van der Waals surface area (Å²) < 4.78 is 13.2. The Balaban J connectivity index is 1.63. The van der Waals surface area contributed by atoms with Gasteiger partial charge in [-0.2, -0.15) is 4.98 Å². The van der Waals surface area contributed by atoms with E-state index in [2.05, 4.69) is 36.3 Å². The van der Waals surface area contributed by atoms with E-state index in [0.717, 1.165) is 34.7 Å². The SMILES string of the molecule is CCCSc1nc2n(n1)C(c1ccc(OCc3ccccc3C)cc1)C(C(=O)OCC)=C(C)N2. The average molecular weight is 479 g/mol. The van der Waals surface area contributed by atoms with Crippen LogP contribution < -0.4 is 10.1 Å². The van der Waals surface area contributed by atoms with E-state index in [9.17, 15) is 4.79 Å². The van der Waals surface area contributed by atoms with Crippen molar-refractivity contribution in [3.63, 3.8) is 0 Å². The summed E-state index contributed by atoms with van der Waals surface area (Å²) in [6.07, 6.45) is 1.03. The van der Waals surface area contributed by atoms with Crippen molar-refractivity contribution in [2.75, 3.05) is 17.7 Å². The fourth-order valence-corrected chi connectivity index (χ4v) is 4.53. The number of carbonyl (C=O) groups is 1. The normalized spacial score (nSPS) is 15.0. The fourth-order valence-electron chi connectivity index (χ4n) is 3.85. The summed E-state index contributed by atoms with van der Waals surface area (Å²) in [6.45, 7) is 8.67. The van der Waals surface area contributed by atoms with Gasteiger partial charge in [0, 0.05) is 11.4 Å². The maximum atomic E-state index is 12.9. The largest absolute Gasteiger partial charge is 0.489 e. The van der Waals surface area contributed by atoms with Crippen LogP contribution >= 0.6 is 11.8 Å². The van der Waals surface area contributed by atoms with E-state index < -0.39 is 6.04 Å². The van der Waals surface area contributed by atoms with Crippen LogP contribution in [0.4, 0.5) is 5.95 Å². The van der Waals surface area contributed by atoms with Crippen molar-refractivity contribution < 1.29 is 14.3 Å². The van der Waals surface area contributed by atoms with Gasteiger partial charge in [-0.15, -0.1) is 5.10 Å². The van der Waals surface area contributed by atoms with Gasteiger partial charge < -0.3 is 14.8 Å². The van der Waals surface area contributed by atoms with E-state index in [1.54, 1.807) is 23.4 Å². The highest BCUT2D eigenvalue weighted by Gasteiger charge is 2.35. The second-order valence-corrected chi connectivity index (χ2v) is 9.14. The van der Waals surface area contributed by atoms with E-state index in [4.69, 9.17) is 14.6 Å². The Kier molecular flexibility index (Phi) is 7.57. The van der Waals surface area contributed by atoms with E-state index in [0.29, 0.717) is 29.9 Å². The summed E-state index contributed by atoms with van der Waals surface area (Å²) >= 11 is 1.60. The van der Waals surface area contributed by atoms with Crippen molar-refractivity contribution in [3.8, 4) is 5.75 Å². The highest BCUT2D eigenvalue weighted by Crippen LogP contribution is 2.37. The molecule has 1 aromatic heterocycles. The quantitative estimate of drug-likeness (QED) is 0.320. The van der Waals surface area contributed by atoms with Crippen LogP contribution in [-0.4, -0.2) is 33.1 Å². The summed E-state index contributed by atoms with van der Waals surface area (Å²) in [5.74, 6) is 1.95. The molecule has 1 atom stereocenters. The first-order valence-electron chi connectivity index (χ1n) is 11.5. The number of ether oxygens (including phenoxy) is 2. The first-order chi connectivity index (χ1) is 16.5. The second kappa shape index (κ2) is 10.8. The molecule has 0 bridgehead atoms. The average Bonchev–Trinajstić information content (AvgIpc) is 3.24. The molecule has 2 aromatic carbocycles. The molecule has 1 N–H and O–H groups in total. The van der Waals surface area contributed by atoms with Crippen LogP contribution in [0.25, 0.3) is 0 Å². The van der Waals surface area contributed by atoms with Gasteiger partial charge in [-0.25, -0.2) is 9.48 Å². The Morgan fingerprint density at radius 1 is 1.12 bits per heavy atom. The highest BCUT2D eigenvalue weighted by molar-refractivity contribution is 7.99. The number of thioether (sulfide) groups is 1. The number of carbonyl (C=O) groups excluding carboxylic acids is 1. The minimum absolute atomic E-state index is 0.301. The molecule has 8 heteroatoms. The van der Waals surface area contributed by atoms with Crippen LogP contribution in [0, 0.1) is 6.92 Å². The Bertz CT molecular complexity index is 1190. The number of anilines is 1. The Hall–Kier alpha value is -3.26. The molecule has 0 amide bonds. The maximum Gasteiger partial charge on any atom is 0.338 e. The standard InChI is InChI=1S/C26H30N4O3S/c1-5-15-34-26-28-25-27-18(4)22(24(31)32-6-2)23(30(25)29-26)19-11-13-21(14-12-19)33-16-20-10-8-7-9-17(20)3/h7-14,23H,5-6,15-16H2,1-4H3,(H,27,28,29). The minimum Gasteiger partial charge on any atom is -0.489 e. The van der Waals surface area contributed by atoms with Crippen LogP contribution in [0.2, 0.25) is 0 Å². The molecule has 0 aliphatic carbocycles. The first-order valence-corrected chi connectivity index (χ1v) is 12.5. The molecule has 3 aromatic rings. The van der Waals surface area contributed by atoms with Crippen LogP contribution in [-0.2, 0) is 16.1 Å². The second-order valence-electron chi connectivity index (χ2n) is 8.08. The third-order valence-corrected chi connectivity index (χ3v) is 6.66. The van der Waals surface area contributed by atoms with Crippen LogP contribution in [0.3, 0.4) is 0 Å². The molecule has 4 rings (SSSR count). The molecule has 1 unspecified atom stereocenters. The predicted molar refractivity (Wildman–Crippen MR) is 134 cm³/mol. The molecule has 0 fully saturated rings. The van der Waals surface area contributed by atoms with Crippen molar-refractivity contribution in [2.24, 2.45) is 0 Å². The topological polar surface area (TPSA) is 78.3 Å². The molecule has 0 radical (unpaired) electrons. The third-order valence-electron chi connectivity index (χ3n) is 5.62. The molecule has 7 nitrogen and oxygen atoms in total. The summed E-state index contributed by atoms with van der Waals surface area (Å²) in [6, 6.07) is 15.5. The first kappa shape index (κ1) is 23.9. The lowest BCUT2D eigenvalue weighted by Gasteiger charge is -2.28. The molecule has 0 saturated carbocycles. The van der Waals surface area contributed by atoms with Crippen molar-refractivity contribution in [2.45, 2.75) is 51.9 Å². The van der Waals surface area contributed by atoms with Crippen molar-refractivity contribution in [1.82, 2.24) is 14.8 Å². The molecular formula is C26H30N4O3S. The third kappa shape index (κ3) is 5.12. The lowest BCUT2D eigenvalue weighted by molar-refractivity contribution is -0.139. The van der Waals surface area contributed by atoms with Crippen molar-refractivity contribution in [3.05, 3.63) is 76.5 Å². The van der Waals surface area contributed by atoms with Crippen molar-refractivity contribution >= 4 is 23.7 Å². The van der Waals surface area contributed by atoms with Crippen LogP contribution in [0.15, 0.2) is 65.0 Å². The van der Waals surface area contributed by atoms with Gasteiger partial charge in [-0.1, -0.05) is 55.1 Å². The number of rotatable bonds is 9. The van der Waals surface area contributed by atoms with Gasteiger partial charge in [-0.05, 0) is 56.0 Å². The van der Waals surface area contributed by atoms with Gasteiger partial charge in [0.2, 0.25) is 11.1 Å². The Morgan fingerprint density at radius 3 is 2.59 bits per heavy atom. The summed E-state index contributed by atoms with van der Waals surface area (Å²) in [5, 5.41) is 8.63. The van der Waals surface area contributed by atoms with Crippen molar-refractivity contribution in [1.29, 1.82) is 0 Å². The molecule has 34 heavy (non-hydrogen) atoms. The molecule has 0 spiro atoms. The molecule has 178 valence electrons. The van der Waals surface area contributed by atoms with Gasteiger partial charge in [-0.3, -0.25) is 0 Å². The van der Waals surface area contributed by atoms with Gasteiger partial charge in [0.1, 0.15) is 18.4 Å². The monoisotopic (exact) mass is 478 g/mol. The Morgan fingerprint density at radius 2 is 1.88 bits per heavy atom. The summed E-state index contributed by atoms with van der Waals surface area (Å²) in [7, 11) is 0. The Labute approximate surface area is 204 Å². The van der Waals surface area contributed by atoms with Gasteiger partial charge in [0.15, 0.2) is 0 Å². The van der Waals surface area contributed by atoms with Gasteiger partial charge in [0.25, 0.3) is 0 Å². The molecule has 1 aliphatic rings. The fraction of sp³-hybridized carbons (Fsp3) is 0.346. The van der Waals surface area contributed by atoms with Crippen LogP contribution in [0.1, 0.15) is 49.9 Å². The zero-order valence-electron chi connectivity index (χ0n) is 20.0. The summed E-state index contributed by atoms with van der Waals surface area (Å²) in [5.41, 5.74) is 4.50. The molecule has 2 heterocycles. The smallest absolute Gasteiger partial charge is 0.338 e. The summed E-state index contributed by atoms with van der Waals surface area (Å²) in [4.78, 5) is 17.6. The number of hydrogen-bond donors (Lipinski definition) is 1. The molecule has 1 aliphatic heterocycles. The number of aromatic nitrogens is 3. The number of hydrogen-bond acceptors (Lipinski definition) is 7.